The van der Waals surface area contributed by atoms with E-state index in [1.165, 1.54) is 13.2 Å². The molecular weight excluding hydrogens is 282 g/mol. The lowest BCUT2D eigenvalue weighted by Crippen LogP contribution is -2.27. The summed E-state index contributed by atoms with van der Waals surface area (Å²) in [5.74, 6) is -1.19. The van der Waals surface area contributed by atoms with Gasteiger partial charge in [0.05, 0.1) is 7.11 Å². The molecule has 0 aromatic heterocycles. The zero-order valence-corrected chi connectivity index (χ0v) is 11.9. The quantitative estimate of drug-likeness (QED) is 0.832. The summed E-state index contributed by atoms with van der Waals surface area (Å²) in [6.45, 7) is 0. The fourth-order valence-corrected chi connectivity index (χ4v) is 1.88. The lowest BCUT2D eigenvalue weighted by atomic mass is 10.1. The molecule has 0 aliphatic heterocycles. The van der Waals surface area contributed by atoms with Crippen molar-refractivity contribution in [3.8, 4) is 5.75 Å². The number of hydrogen-bond donors (Lipinski definition) is 2. The first-order valence-electron chi connectivity index (χ1n) is 6.56. The highest BCUT2D eigenvalue weighted by atomic mass is 16.5. The van der Waals surface area contributed by atoms with Gasteiger partial charge in [0.25, 0.3) is 5.91 Å². The summed E-state index contributed by atoms with van der Waals surface area (Å²) in [6.07, 6.45) is 1.36. The molecule has 0 unspecified atom stereocenters. The monoisotopic (exact) mass is 297 g/mol. The molecule has 0 aliphatic carbocycles. The number of para-hydroxylation sites is 1. The van der Waals surface area contributed by atoms with Crippen molar-refractivity contribution in [2.45, 2.75) is 0 Å². The van der Waals surface area contributed by atoms with Gasteiger partial charge in [0.1, 0.15) is 11.4 Å². The number of carbonyl (C=O) groups is 2. The summed E-state index contributed by atoms with van der Waals surface area (Å²) in [6, 6.07) is 15.4. The molecule has 22 heavy (non-hydrogen) atoms. The zero-order chi connectivity index (χ0) is 15.9. The van der Waals surface area contributed by atoms with Gasteiger partial charge in [0, 0.05) is 11.1 Å². The van der Waals surface area contributed by atoms with Gasteiger partial charge >= 0.3 is 5.97 Å². The molecule has 0 atom stereocenters. The molecule has 0 aliphatic rings. The van der Waals surface area contributed by atoms with Crippen LogP contribution in [0.2, 0.25) is 0 Å². The third kappa shape index (κ3) is 3.73. The molecule has 0 spiro atoms. The summed E-state index contributed by atoms with van der Waals surface area (Å²) in [7, 11) is 1.50. The van der Waals surface area contributed by atoms with Crippen molar-refractivity contribution in [1.29, 1.82) is 0 Å². The van der Waals surface area contributed by atoms with Crippen LogP contribution >= 0.6 is 0 Å². The van der Waals surface area contributed by atoms with Gasteiger partial charge in [0.15, 0.2) is 0 Å². The number of methoxy groups -OCH3 is 1. The average molecular weight is 297 g/mol. The predicted octanol–water partition coefficient (Wildman–Crippen LogP) is 2.55. The van der Waals surface area contributed by atoms with Crippen molar-refractivity contribution < 1.29 is 19.4 Å². The van der Waals surface area contributed by atoms with E-state index < -0.39 is 11.9 Å². The minimum atomic E-state index is -1.23. The fraction of sp³-hybridized carbons (Fsp3) is 0.0588. The Balaban J connectivity index is 2.29. The van der Waals surface area contributed by atoms with Gasteiger partial charge in [0.2, 0.25) is 0 Å². The van der Waals surface area contributed by atoms with Crippen molar-refractivity contribution in [1.82, 2.24) is 5.32 Å². The van der Waals surface area contributed by atoms with Gasteiger partial charge in [-0.2, -0.15) is 0 Å². The van der Waals surface area contributed by atoms with Gasteiger partial charge in [-0.1, -0.05) is 36.4 Å². The highest BCUT2D eigenvalue weighted by Gasteiger charge is 2.14. The third-order valence-corrected chi connectivity index (χ3v) is 2.95. The second-order valence-corrected chi connectivity index (χ2v) is 4.43. The Morgan fingerprint density at radius 2 is 1.68 bits per heavy atom. The maximum Gasteiger partial charge on any atom is 0.352 e. The Morgan fingerprint density at radius 3 is 2.32 bits per heavy atom. The lowest BCUT2D eigenvalue weighted by molar-refractivity contribution is -0.132. The second kappa shape index (κ2) is 7.08. The molecule has 2 aromatic carbocycles. The number of aliphatic carboxylic acids is 1. The molecule has 112 valence electrons. The van der Waals surface area contributed by atoms with Gasteiger partial charge in [-0.05, 0) is 24.3 Å². The third-order valence-electron chi connectivity index (χ3n) is 2.95. The summed E-state index contributed by atoms with van der Waals surface area (Å²) in [4.78, 5) is 23.4. The Bertz CT molecular complexity index is 708. The van der Waals surface area contributed by atoms with Crippen LogP contribution in [0.15, 0.2) is 60.3 Å². The van der Waals surface area contributed by atoms with Crippen LogP contribution < -0.4 is 10.1 Å². The maximum atomic E-state index is 12.1. The molecule has 2 N–H and O–H groups in total. The van der Waals surface area contributed by atoms with Crippen LogP contribution in [0, 0.1) is 0 Å². The van der Waals surface area contributed by atoms with E-state index in [9.17, 15) is 14.7 Å². The number of hydrogen-bond acceptors (Lipinski definition) is 3. The molecule has 5 nitrogen and oxygen atoms in total. The standard InChI is InChI=1S/C17H15NO4/c1-22-15-10-6-5-9-13(15)11-14(17(20)21)18-16(19)12-7-3-2-4-8-12/h2-11H,1H3,(H,18,19)(H,20,21)/b14-11+. The number of carbonyl (C=O) groups excluding carboxylic acids is 1. The number of amides is 1. The molecular formula is C17H15NO4. The molecule has 0 fully saturated rings. The largest absolute Gasteiger partial charge is 0.496 e. The Labute approximate surface area is 127 Å². The van der Waals surface area contributed by atoms with E-state index in [0.29, 0.717) is 16.9 Å². The van der Waals surface area contributed by atoms with Crippen molar-refractivity contribution in [3.05, 3.63) is 71.4 Å². The highest BCUT2D eigenvalue weighted by Crippen LogP contribution is 2.20. The van der Waals surface area contributed by atoms with Crippen LogP contribution in [0.4, 0.5) is 0 Å². The topological polar surface area (TPSA) is 75.6 Å². The summed E-state index contributed by atoms with van der Waals surface area (Å²) in [5, 5.41) is 11.7. The SMILES string of the molecule is COc1ccccc1/C=C(/NC(=O)c1ccccc1)C(=O)O. The molecule has 2 rings (SSSR count). The molecule has 0 bridgehead atoms. The number of carboxylic acid groups (broad SMARTS) is 1. The van der Waals surface area contributed by atoms with Crippen LogP contribution in [-0.4, -0.2) is 24.1 Å². The average Bonchev–Trinajstić information content (AvgIpc) is 2.55. The molecule has 5 heteroatoms. The molecule has 0 radical (unpaired) electrons. The first-order valence-corrected chi connectivity index (χ1v) is 6.56. The van der Waals surface area contributed by atoms with E-state index in [4.69, 9.17) is 4.74 Å². The van der Waals surface area contributed by atoms with Crippen LogP contribution in [-0.2, 0) is 4.79 Å². The maximum absolute atomic E-state index is 12.1. The second-order valence-electron chi connectivity index (χ2n) is 4.43. The Hall–Kier alpha value is -3.08. The fourth-order valence-electron chi connectivity index (χ4n) is 1.88. The Kier molecular flexibility index (Phi) is 4.93. The number of rotatable bonds is 5. The van der Waals surface area contributed by atoms with Crippen molar-refractivity contribution in [3.63, 3.8) is 0 Å². The normalized spacial score (nSPS) is 10.9. The molecule has 0 heterocycles. The number of ether oxygens (including phenoxy) is 1. The zero-order valence-electron chi connectivity index (χ0n) is 11.9. The van der Waals surface area contributed by atoms with E-state index in [2.05, 4.69) is 5.32 Å². The van der Waals surface area contributed by atoms with Crippen molar-refractivity contribution in [2.75, 3.05) is 7.11 Å². The smallest absolute Gasteiger partial charge is 0.352 e. The van der Waals surface area contributed by atoms with Gasteiger partial charge in [-0.25, -0.2) is 4.79 Å². The highest BCUT2D eigenvalue weighted by molar-refractivity contribution is 6.02. The van der Waals surface area contributed by atoms with Crippen LogP contribution in [0.3, 0.4) is 0 Å². The van der Waals surface area contributed by atoms with E-state index >= 15 is 0 Å². The van der Waals surface area contributed by atoms with Gasteiger partial charge < -0.3 is 15.2 Å². The Morgan fingerprint density at radius 1 is 1.05 bits per heavy atom. The first-order chi connectivity index (χ1) is 10.6. The summed E-state index contributed by atoms with van der Waals surface area (Å²) in [5.41, 5.74) is 0.726. The minimum Gasteiger partial charge on any atom is -0.496 e. The number of benzene rings is 2. The van der Waals surface area contributed by atoms with Crippen LogP contribution in [0.1, 0.15) is 15.9 Å². The van der Waals surface area contributed by atoms with E-state index in [1.54, 1.807) is 54.6 Å². The van der Waals surface area contributed by atoms with Gasteiger partial charge in [-0.15, -0.1) is 0 Å². The molecule has 0 saturated carbocycles. The van der Waals surface area contributed by atoms with Crippen molar-refractivity contribution >= 4 is 18.0 Å². The van der Waals surface area contributed by atoms with Crippen LogP contribution in [0.5, 0.6) is 5.75 Å². The minimum absolute atomic E-state index is 0.224. The van der Waals surface area contributed by atoms with E-state index in [-0.39, 0.29) is 5.70 Å². The number of nitrogens with one attached hydrogen (secondary N) is 1. The lowest BCUT2D eigenvalue weighted by Gasteiger charge is -2.08. The molecule has 0 saturated heterocycles. The van der Waals surface area contributed by atoms with E-state index in [0.717, 1.165) is 0 Å². The summed E-state index contributed by atoms with van der Waals surface area (Å²) >= 11 is 0. The summed E-state index contributed by atoms with van der Waals surface area (Å²) < 4.78 is 5.17. The molecule has 2 aromatic rings. The van der Waals surface area contributed by atoms with Gasteiger partial charge in [-0.3, -0.25) is 4.79 Å². The predicted molar refractivity (Wildman–Crippen MR) is 82.5 cm³/mol. The molecule has 1 amide bonds. The number of carboxylic acids is 1. The first kappa shape index (κ1) is 15.3. The van der Waals surface area contributed by atoms with E-state index in [1.807, 2.05) is 0 Å². The van der Waals surface area contributed by atoms with Crippen molar-refractivity contribution in [2.24, 2.45) is 0 Å². The van der Waals surface area contributed by atoms with Crippen LogP contribution in [0.25, 0.3) is 6.08 Å².